The van der Waals surface area contributed by atoms with Gasteiger partial charge in [0.2, 0.25) is 5.91 Å². The van der Waals surface area contributed by atoms with Crippen LogP contribution in [0, 0.1) is 21.4 Å². The number of anilines is 1. The minimum absolute atomic E-state index is 0.0425. The maximum absolute atomic E-state index is 12.6. The molecule has 3 rings (SSSR count). The molecule has 1 aromatic carbocycles. The molecule has 1 atom stereocenters. The van der Waals surface area contributed by atoms with Crippen LogP contribution >= 0.6 is 0 Å². The van der Waals surface area contributed by atoms with Crippen LogP contribution in [0.5, 0.6) is 0 Å². The van der Waals surface area contributed by atoms with Crippen molar-refractivity contribution < 1.29 is 9.72 Å². The number of nitro benzene ring substituents is 1. The van der Waals surface area contributed by atoms with E-state index in [0.29, 0.717) is 5.69 Å². The SMILES string of the molecule is CN(C(=O)C1CC12CCNCC2)c1ccc([N+](=O)[O-])cc1. The lowest BCUT2D eigenvalue weighted by Gasteiger charge is -2.25. The van der Waals surface area contributed by atoms with Gasteiger partial charge in [-0.1, -0.05) is 0 Å². The second kappa shape index (κ2) is 5.11. The topological polar surface area (TPSA) is 75.5 Å². The third-order valence-corrected chi connectivity index (χ3v) is 4.87. The highest BCUT2D eigenvalue weighted by atomic mass is 16.6. The van der Waals surface area contributed by atoms with Gasteiger partial charge in [0, 0.05) is 30.8 Å². The molecular formula is C15H19N3O3. The summed E-state index contributed by atoms with van der Waals surface area (Å²) in [6.45, 7) is 1.98. The molecule has 1 aromatic rings. The summed E-state index contributed by atoms with van der Waals surface area (Å²) in [5.74, 6) is 0.241. The smallest absolute Gasteiger partial charge is 0.269 e. The quantitative estimate of drug-likeness (QED) is 0.681. The Morgan fingerprint density at radius 1 is 1.33 bits per heavy atom. The van der Waals surface area contributed by atoms with Gasteiger partial charge in [-0.3, -0.25) is 14.9 Å². The van der Waals surface area contributed by atoms with Gasteiger partial charge in [-0.05, 0) is 49.9 Å². The maximum Gasteiger partial charge on any atom is 0.269 e. The first-order chi connectivity index (χ1) is 10.0. The highest BCUT2D eigenvalue weighted by molar-refractivity contribution is 5.97. The molecule has 1 amide bonds. The van der Waals surface area contributed by atoms with Crippen LogP contribution in [0.4, 0.5) is 11.4 Å². The molecule has 1 N–H and O–H groups in total. The molecule has 2 fully saturated rings. The summed E-state index contributed by atoms with van der Waals surface area (Å²) in [5.41, 5.74) is 0.958. The highest BCUT2D eigenvalue weighted by Gasteiger charge is 2.58. The van der Waals surface area contributed by atoms with Gasteiger partial charge in [-0.2, -0.15) is 0 Å². The number of non-ortho nitro benzene ring substituents is 1. The molecule has 1 saturated heterocycles. The van der Waals surface area contributed by atoms with Crippen molar-refractivity contribution in [2.75, 3.05) is 25.0 Å². The van der Waals surface area contributed by atoms with Crippen molar-refractivity contribution in [1.82, 2.24) is 5.32 Å². The summed E-state index contributed by atoms with van der Waals surface area (Å²) in [6, 6.07) is 6.14. The number of piperidine rings is 1. The first-order valence-corrected chi connectivity index (χ1v) is 7.26. The second-order valence-electron chi connectivity index (χ2n) is 6.04. The number of nitro groups is 1. The van der Waals surface area contributed by atoms with Gasteiger partial charge in [0.05, 0.1) is 4.92 Å². The molecule has 0 bridgehead atoms. The third-order valence-electron chi connectivity index (χ3n) is 4.87. The summed E-state index contributed by atoms with van der Waals surface area (Å²) in [6.07, 6.45) is 3.11. The fourth-order valence-corrected chi connectivity index (χ4v) is 3.33. The Morgan fingerprint density at radius 3 is 2.52 bits per heavy atom. The van der Waals surface area contributed by atoms with E-state index in [1.54, 1.807) is 24.1 Å². The summed E-state index contributed by atoms with van der Waals surface area (Å²) >= 11 is 0. The molecule has 6 nitrogen and oxygen atoms in total. The number of hydrogen-bond acceptors (Lipinski definition) is 4. The number of carbonyl (C=O) groups is 1. The fraction of sp³-hybridized carbons (Fsp3) is 0.533. The van der Waals surface area contributed by atoms with Gasteiger partial charge in [-0.15, -0.1) is 0 Å². The number of rotatable bonds is 3. The molecule has 21 heavy (non-hydrogen) atoms. The first kappa shape index (κ1) is 14.0. The molecule has 1 unspecified atom stereocenters. The van der Waals surface area contributed by atoms with E-state index in [1.807, 2.05) is 0 Å². The fourth-order valence-electron chi connectivity index (χ4n) is 3.33. The van der Waals surface area contributed by atoms with Gasteiger partial charge >= 0.3 is 0 Å². The maximum atomic E-state index is 12.6. The predicted molar refractivity (Wildman–Crippen MR) is 79.2 cm³/mol. The molecular weight excluding hydrogens is 270 g/mol. The van der Waals surface area contributed by atoms with E-state index in [4.69, 9.17) is 0 Å². The minimum atomic E-state index is -0.434. The van der Waals surface area contributed by atoms with Crippen LogP contribution in [0.1, 0.15) is 19.3 Å². The van der Waals surface area contributed by atoms with Crippen LogP contribution in [0.2, 0.25) is 0 Å². The monoisotopic (exact) mass is 289 g/mol. The summed E-state index contributed by atoms with van der Waals surface area (Å²) in [5, 5.41) is 14.0. The first-order valence-electron chi connectivity index (χ1n) is 7.26. The zero-order valence-corrected chi connectivity index (χ0v) is 12.0. The van der Waals surface area contributed by atoms with Crippen LogP contribution in [0.15, 0.2) is 24.3 Å². The third kappa shape index (κ3) is 2.51. The van der Waals surface area contributed by atoms with Crippen LogP contribution in [0.25, 0.3) is 0 Å². The second-order valence-corrected chi connectivity index (χ2v) is 6.04. The minimum Gasteiger partial charge on any atom is -0.317 e. The largest absolute Gasteiger partial charge is 0.317 e. The number of nitrogens with one attached hydrogen (secondary N) is 1. The van der Waals surface area contributed by atoms with Gasteiger partial charge in [0.15, 0.2) is 0 Å². The number of hydrogen-bond donors (Lipinski definition) is 1. The van der Waals surface area contributed by atoms with Crippen LogP contribution in [-0.4, -0.2) is 31.0 Å². The van der Waals surface area contributed by atoms with Gasteiger partial charge < -0.3 is 10.2 Å². The molecule has 112 valence electrons. The lowest BCUT2D eigenvalue weighted by Crippen LogP contribution is -2.34. The van der Waals surface area contributed by atoms with Crippen LogP contribution in [-0.2, 0) is 4.79 Å². The van der Waals surface area contributed by atoms with Crippen molar-refractivity contribution >= 4 is 17.3 Å². The van der Waals surface area contributed by atoms with Crippen molar-refractivity contribution in [3.8, 4) is 0 Å². The molecule has 0 aromatic heterocycles. The van der Waals surface area contributed by atoms with Crippen molar-refractivity contribution in [3.63, 3.8) is 0 Å². The van der Waals surface area contributed by atoms with Gasteiger partial charge in [0.1, 0.15) is 0 Å². The van der Waals surface area contributed by atoms with Crippen LogP contribution in [0.3, 0.4) is 0 Å². The molecule has 6 heteroatoms. The highest BCUT2D eigenvalue weighted by Crippen LogP contribution is 2.59. The van der Waals surface area contributed by atoms with E-state index in [2.05, 4.69) is 5.32 Å². The number of amides is 1. The molecule has 1 heterocycles. The molecule has 1 spiro atoms. The van der Waals surface area contributed by atoms with E-state index in [9.17, 15) is 14.9 Å². The molecule has 0 radical (unpaired) electrons. The van der Waals surface area contributed by atoms with Gasteiger partial charge in [0.25, 0.3) is 5.69 Å². The Kier molecular flexibility index (Phi) is 3.41. The van der Waals surface area contributed by atoms with Crippen molar-refractivity contribution in [2.24, 2.45) is 11.3 Å². The number of nitrogens with zero attached hydrogens (tertiary/aromatic N) is 2. The average molecular weight is 289 g/mol. The standard InChI is InChI=1S/C15H19N3O3/c1-17(11-2-4-12(5-3-11)18(20)21)14(19)13-10-15(13)6-8-16-9-7-15/h2-5,13,16H,6-10H2,1H3. The number of carbonyl (C=O) groups excluding carboxylic acids is 1. The normalized spacial score (nSPS) is 22.8. The van der Waals surface area contributed by atoms with Crippen molar-refractivity contribution in [2.45, 2.75) is 19.3 Å². The van der Waals surface area contributed by atoms with E-state index in [1.165, 1.54) is 12.1 Å². The zero-order chi connectivity index (χ0) is 15.0. The van der Waals surface area contributed by atoms with Crippen molar-refractivity contribution in [3.05, 3.63) is 34.4 Å². The van der Waals surface area contributed by atoms with Gasteiger partial charge in [-0.25, -0.2) is 0 Å². The average Bonchev–Trinajstić information content (AvgIpc) is 3.19. The Morgan fingerprint density at radius 2 is 1.95 bits per heavy atom. The van der Waals surface area contributed by atoms with E-state index >= 15 is 0 Å². The Hall–Kier alpha value is -1.95. The lowest BCUT2D eigenvalue weighted by atomic mass is 9.91. The Balaban J connectivity index is 1.69. The summed E-state index contributed by atoms with van der Waals surface area (Å²) < 4.78 is 0. The van der Waals surface area contributed by atoms with E-state index in [0.717, 1.165) is 32.4 Å². The zero-order valence-electron chi connectivity index (χ0n) is 12.0. The lowest BCUT2D eigenvalue weighted by molar-refractivity contribution is -0.384. The molecule has 1 aliphatic heterocycles. The predicted octanol–water partition coefficient (Wildman–Crippen LogP) is 1.95. The summed E-state index contributed by atoms with van der Waals surface area (Å²) in [7, 11) is 1.75. The number of benzene rings is 1. The molecule has 2 aliphatic rings. The van der Waals surface area contributed by atoms with E-state index in [-0.39, 0.29) is 22.9 Å². The van der Waals surface area contributed by atoms with Crippen LogP contribution < -0.4 is 10.2 Å². The Bertz CT molecular complexity index is 564. The summed E-state index contributed by atoms with van der Waals surface area (Å²) in [4.78, 5) is 24.4. The Labute approximate surface area is 123 Å². The van der Waals surface area contributed by atoms with Crippen molar-refractivity contribution in [1.29, 1.82) is 0 Å². The van der Waals surface area contributed by atoms with E-state index < -0.39 is 4.92 Å². The molecule has 1 saturated carbocycles. The molecule has 1 aliphatic carbocycles.